The number of benzene rings is 2. The van der Waals surface area contributed by atoms with E-state index in [0.717, 1.165) is 11.1 Å². The Kier molecular flexibility index (Phi) is 6.26. The van der Waals surface area contributed by atoms with Crippen molar-refractivity contribution < 1.29 is 14.4 Å². The topological polar surface area (TPSA) is 91.4 Å². The van der Waals surface area contributed by atoms with E-state index < -0.39 is 5.92 Å². The quantitative estimate of drug-likeness (QED) is 0.627. The largest absolute Gasteiger partial charge is 0.338 e. The van der Waals surface area contributed by atoms with Gasteiger partial charge in [0.1, 0.15) is 0 Å². The molecular weight excluding hydrogens is 404 g/mol. The Bertz CT molecular complexity index is 1130. The van der Waals surface area contributed by atoms with Gasteiger partial charge >= 0.3 is 0 Å². The molecule has 1 fully saturated rings. The number of aryl methyl sites for hydroxylation is 1. The predicted octanol–water partition coefficient (Wildman–Crippen LogP) is 3.63. The summed E-state index contributed by atoms with van der Waals surface area (Å²) in [5, 5.41) is 5.64. The molecule has 0 spiro atoms. The summed E-state index contributed by atoms with van der Waals surface area (Å²) in [7, 11) is 0. The highest BCUT2D eigenvalue weighted by molar-refractivity contribution is 6.05. The van der Waals surface area contributed by atoms with Crippen LogP contribution in [0.4, 0.5) is 11.4 Å². The summed E-state index contributed by atoms with van der Waals surface area (Å²) in [6, 6.07) is 18.1. The van der Waals surface area contributed by atoms with Crippen LogP contribution in [0.25, 0.3) is 0 Å². The van der Waals surface area contributed by atoms with Gasteiger partial charge in [0, 0.05) is 48.8 Å². The lowest BCUT2D eigenvalue weighted by atomic mass is 10.1. The minimum Gasteiger partial charge on any atom is -0.338 e. The first-order valence-electron chi connectivity index (χ1n) is 10.4. The van der Waals surface area contributed by atoms with Crippen LogP contribution in [0.5, 0.6) is 0 Å². The minimum atomic E-state index is -0.428. The summed E-state index contributed by atoms with van der Waals surface area (Å²) in [6.07, 6.45) is 3.37. The second-order valence-electron chi connectivity index (χ2n) is 7.92. The van der Waals surface area contributed by atoms with Crippen molar-refractivity contribution in [2.45, 2.75) is 19.9 Å². The molecule has 1 aliphatic heterocycles. The Labute approximate surface area is 186 Å². The van der Waals surface area contributed by atoms with E-state index in [2.05, 4.69) is 15.6 Å². The molecule has 2 heterocycles. The fraction of sp³-hybridized carbons (Fsp3) is 0.200. The Morgan fingerprint density at radius 2 is 1.75 bits per heavy atom. The van der Waals surface area contributed by atoms with E-state index in [-0.39, 0.29) is 24.1 Å². The second kappa shape index (κ2) is 9.43. The van der Waals surface area contributed by atoms with Crippen molar-refractivity contribution in [1.29, 1.82) is 0 Å². The predicted molar refractivity (Wildman–Crippen MR) is 122 cm³/mol. The van der Waals surface area contributed by atoms with Gasteiger partial charge in [-0.25, -0.2) is 0 Å². The number of carbonyl (C=O) groups is 3. The summed E-state index contributed by atoms with van der Waals surface area (Å²) >= 11 is 0. The standard InChI is InChI=1S/C25H24N4O3/c1-17-5-7-18(8-6-17)15-29-16-20(14-23(29)30)25(32)28-22-4-2-3-19(13-22)24(31)27-21-9-11-26-12-10-21/h2-13,20H,14-16H2,1H3,(H,28,32)(H,26,27,31). The Hall–Kier alpha value is -4.00. The molecule has 0 aliphatic carbocycles. The Morgan fingerprint density at radius 1 is 1.00 bits per heavy atom. The van der Waals surface area contributed by atoms with Crippen LogP contribution in [0.2, 0.25) is 0 Å². The first-order valence-corrected chi connectivity index (χ1v) is 10.4. The zero-order valence-electron chi connectivity index (χ0n) is 17.7. The third-order valence-corrected chi connectivity index (χ3v) is 5.41. The Morgan fingerprint density at radius 3 is 2.50 bits per heavy atom. The van der Waals surface area contributed by atoms with Gasteiger partial charge in [-0.3, -0.25) is 19.4 Å². The highest BCUT2D eigenvalue weighted by Crippen LogP contribution is 2.22. The number of nitrogens with zero attached hydrogens (tertiary/aromatic N) is 2. The van der Waals surface area contributed by atoms with Crippen LogP contribution >= 0.6 is 0 Å². The van der Waals surface area contributed by atoms with Gasteiger partial charge in [0.2, 0.25) is 11.8 Å². The molecule has 2 N–H and O–H groups in total. The van der Waals surface area contributed by atoms with Crippen LogP contribution in [0.15, 0.2) is 73.1 Å². The maximum absolute atomic E-state index is 12.8. The molecule has 2 aromatic carbocycles. The third-order valence-electron chi connectivity index (χ3n) is 5.41. The number of pyridine rings is 1. The number of carbonyl (C=O) groups excluding carboxylic acids is 3. The molecule has 1 saturated heterocycles. The number of hydrogen-bond donors (Lipinski definition) is 2. The van der Waals surface area contributed by atoms with Gasteiger partial charge in [-0.05, 0) is 42.8 Å². The highest BCUT2D eigenvalue weighted by Gasteiger charge is 2.34. The van der Waals surface area contributed by atoms with Crippen molar-refractivity contribution in [3.63, 3.8) is 0 Å². The number of hydrogen-bond acceptors (Lipinski definition) is 4. The van der Waals surface area contributed by atoms with Crippen molar-refractivity contribution >= 4 is 29.1 Å². The molecular formula is C25H24N4O3. The average molecular weight is 428 g/mol. The molecule has 32 heavy (non-hydrogen) atoms. The first-order chi connectivity index (χ1) is 15.5. The number of likely N-dealkylation sites (tertiary alicyclic amines) is 1. The molecule has 3 amide bonds. The van der Waals surface area contributed by atoms with Gasteiger partial charge in [0.05, 0.1) is 5.92 Å². The zero-order chi connectivity index (χ0) is 22.5. The van der Waals surface area contributed by atoms with Crippen LogP contribution in [0.1, 0.15) is 27.9 Å². The lowest BCUT2D eigenvalue weighted by molar-refractivity contribution is -0.128. The SMILES string of the molecule is Cc1ccc(CN2CC(C(=O)Nc3cccc(C(=O)Nc4ccncc4)c3)CC2=O)cc1. The summed E-state index contributed by atoms with van der Waals surface area (Å²) in [4.78, 5) is 43.3. The third kappa shape index (κ3) is 5.18. The van der Waals surface area contributed by atoms with Crippen molar-refractivity contribution in [1.82, 2.24) is 9.88 Å². The van der Waals surface area contributed by atoms with Crippen molar-refractivity contribution in [3.8, 4) is 0 Å². The Balaban J connectivity index is 1.36. The summed E-state index contributed by atoms with van der Waals surface area (Å²) in [5.74, 6) is -0.970. The normalized spacial score (nSPS) is 15.5. The van der Waals surface area contributed by atoms with Crippen LogP contribution in [-0.2, 0) is 16.1 Å². The van der Waals surface area contributed by atoms with E-state index in [1.807, 2.05) is 31.2 Å². The molecule has 1 unspecified atom stereocenters. The molecule has 0 saturated carbocycles. The van der Waals surface area contributed by atoms with E-state index in [9.17, 15) is 14.4 Å². The van der Waals surface area contributed by atoms with Gasteiger partial charge in [-0.2, -0.15) is 0 Å². The van der Waals surface area contributed by atoms with E-state index in [1.54, 1.807) is 53.7 Å². The van der Waals surface area contributed by atoms with Crippen LogP contribution < -0.4 is 10.6 Å². The van der Waals surface area contributed by atoms with Gasteiger partial charge < -0.3 is 15.5 Å². The molecule has 0 radical (unpaired) electrons. The lowest BCUT2D eigenvalue weighted by Gasteiger charge is -2.17. The number of rotatable bonds is 6. The number of anilines is 2. The van der Waals surface area contributed by atoms with Gasteiger partial charge in [0.15, 0.2) is 0 Å². The monoisotopic (exact) mass is 428 g/mol. The first kappa shape index (κ1) is 21.2. The van der Waals surface area contributed by atoms with Crippen LogP contribution in [0.3, 0.4) is 0 Å². The fourth-order valence-electron chi connectivity index (χ4n) is 3.64. The molecule has 162 valence electrons. The van der Waals surface area contributed by atoms with E-state index >= 15 is 0 Å². The molecule has 1 aliphatic rings. The molecule has 1 atom stereocenters. The summed E-state index contributed by atoms with van der Waals surface area (Å²) < 4.78 is 0. The van der Waals surface area contributed by atoms with E-state index in [0.29, 0.717) is 30.0 Å². The van der Waals surface area contributed by atoms with Crippen LogP contribution in [0, 0.1) is 12.8 Å². The van der Waals surface area contributed by atoms with Gasteiger partial charge in [-0.15, -0.1) is 0 Å². The molecule has 3 aromatic rings. The maximum Gasteiger partial charge on any atom is 0.255 e. The second-order valence-corrected chi connectivity index (χ2v) is 7.92. The van der Waals surface area contributed by atoms with Crippen molar-refractivity contribution in [2.75, 3.05) is 17.2 Å². The van der Waals surface area contributed by atoms with Crippen LogP contribution in [-0.4, -0.2) is 34.2 Å². The molecule has 0 bridgehead atoms. The summed E-state index contributed by atoms with van der Waals surface area (Å²) in [5.41, 5.74) is 3.77. The van der Waals surface area contributed by atoms with Crippen molar-refractivity contribution in [2.24, 2.45) is 5.92 Å². The molecule has 1 aromatic heterocycles. The highest BCUT2D eigenvalue weighted by atomic mass is 16.2. The maximum atomic E-state index is 12.8. The number of amides is 3. The fourth-order valence-corrected chi connectivity index (χ4v) is 3.64. The number of aromatic nitrogens is 1. The average Bonchev–Trinajstić information content (AvgIpc) is 3.16. The summed E-state index contributed by atoms with van der Waals surface area (Å²) in [6.45, 7) is 2.89. The van der Waals surface area contributed by atoms with Gasteiger partial charge in [-0.1, -0.05) is 35.9 Å². The lowest BCUT2D eigenvalue weighted by Crippen LogP contribution is -2.28. The number of nitrogens with one attached hydrogen (secondary N) is 2. The smallest absolute Gasteiger partial charge is 0.255 e. The minimum absolute atomic E-state index is 0.0313. The zero-order valence-corrected chi connectivity index (χ0v) is 17.7. The van der Waals surface area contributed by atoms with Crippen molar-refractivity contribution in [3.05, 3.63) is 89.7 Å². The van der Waals surface area contributed by atoms with E-state index in [4.69, 9.17) is 0 Å². The molecule has 7 heteroatoms. The van der Waals surface area contributed by atoms with E-state index in [1.165, 1.54) is 0 Å². The van der Waals surface area contributed by atoms with Gasteiger partial charge in [0.25, 0.3) is 5.91 Å². The molecule has 7 nitrogen and oxygen atoms in total. The molecule has 4 rings (SSSR count).